The SMILES string of the molecule is CC(C)N1CCOC(CC(=O)NCc2ccc3nsnc3c2)C1. The molecular formula is C16H22N4O2S. The van der Waals surface area contributed by atoms with Gasteiger partial charge in [0.1, 0.15) is 11.0 Å². The van der Waals surface area contributed by atoms with Gasteiger partial charge in [-0.2, -0.15) is 8.75 Å². The van der Waals surface area contributed by atoms with E-state index in [0.29, 0.717) is 25.6 Å². The molecule has 0 aliphatic carbocycles. The third kappa shape index (κ3) is 4.25. The van der Waals surface area contributed by atoms with E-state index >= 15 is 0 Å². The fourth-order valence-corrected chi connectivity index (χ4v) is 3.27. The van der Waals surface area contributed by atoms with Crippen molar-refractivity contribution >= 4 is 28.7 Å². The van der Waals surface area contributed by atoms with E-state index in [2.05, 4.69) is 32.8 Å². The van der Waals surface area contributed by atoms with Crippen LogP contribution < -0.4 is 5.32 Å². The first-order valence-corrected chi connectivity index (χ1v) is 8.68. The van der Waals surface area contributed by atoms with Crippen molar-refractivity contribution in [1.82, 2.24) is 19.0 Å². The monoisotopic (exact) mass is 334 g/mol. The fraction of sp³-hybridized carbons (Fsp3) is 0.562. The zero-order chi connectivity index (χ0) is 16.2. The summed E-state index contributed by atoms with van der Waals surface area (Å²) < 4.78 is 14.1. The Hall–Kier alpha value is -1.57. The molecule has 1 amide bonds. The predicted octanol–water partition coefficient (Wildman–Crippen LogP) is 1.81. The summed E-state index contributed by atoms with van der Waals surface area (Å²) in [4.78, 5) is 14.5. The van der Waals surface area contributed by atoms with E-state index in [1.807, 2.05) is 18.2 Å². The second-order valence-corrected chi connectivity index (χ2v) is 6.68. The van der Waals surface area contributed by atoms with Crippen molar-refractivity contribution in [3.8, 4) is 0 Å². The van der Waals surface area contributed by atoms with Gasteiger partial charge in [-0.15, -0.1) is 0 Å². The largest absolute Gasteiger partial charge is 0.375 e. The van der Waals surface area contributed by atoms with Gasteiger partial charge in [-0.05, 0) is 31.5 Å². The molecule has 3 rings (SSSR count). The molecule has 7 heteroatoms. The quantitative estimate of drug-likeness (QED) is 0.903. The summed E-state index contributed by atoms with van der Waals surface area (Å²) in [6, 6.07) is 6.37. The third-order valence-electron chi connectivity index (χ3n) is 4.12. The molecule has 1 aromatic heterocycles. The summed E-state index contributed by atoms with van der Waals surface area (Å²) in [7, 11) is 0. The van der Waals surface area contributed by atoms with Crippen molar-refractivity contribution in [2.24, 2.45) is 0 Å². The number of nitrogens with one attached hydrogen (secondary N) is 1. The highest BCUT2D eigenvalue weighted by Gasteiger charge is 2.24. The lowest BCUT2D eigenvalue weighted by molar-refractivity contribution is -0.126. The summed E-state index contributed by atoms with van der Waals surface area (Å²) in [6.45, 7) is 7.31. The van der Waals surface area contributed by atoms with Crippen LogP contribution in [-0.4, -0.2) is 51.4 Å². The van der Waals surface area contributed by atoms with E-state index in [1.54, 1.807) is 0 Å². The third-order valence-corrected chi connectivity index (χ3v) is 4.68. The Morgan fingerprint density at radius 2 is 2.26 bits per heavy atom. The molecule has 6 nitrogen and oxygen atoms in total. The van der Waals surface area contributed by atoms with Gasteiger partial charge in [0.15, 0.2) is 0 Å². The Morgan fingerprint density at radius 3 is 3.09 bits per heavy atom. The van der Waals surface area contributed by atoms with Gasteiger partial charge in [-0.25, -0.2) is 0 Å². The van der Waals surface area contributed by atoms with Crippen molar-refractivity contribution in [3.63, 3.8) is 0 Å². The summed E-state index contributed by atoms with van der Waals surface area (Å²) in [6.07, 6.45) is 0.389. The highest BCUT2D eigenvalue weighted by atomic mass is 32.1. The fourth-order valence-electron chi connectivity index (χ4n) is 2.75. The first kappa shape index (κ1) is 16.3. The molecule has 1 atom stereocenters. The first-order valence-electron chi connectivity index (χ1n) is 7.95. The van der Waals surface area contributed by atoms with Gasteiger partial charge in [0, 0.05) is 25.7 Å². The van der Waals surface area contributed by atoms with Crippen LogP contribution in [-0.2, 0) is 16.1 Å². The molecule has 0 saturated carbocycles. The molecule has 0 radical (unpaired) electrons. The number of benzene rings is 1. The molecule has 2 aromatic rings. The number of rotatable bonds is 5. The van der Waals surface area contributed by atoms with Crippen LogP contribution in [0.1, 0.15) is 25.8 Å². The van der Waals surface area contributed by atoms with Gasteiger partial charge in [0.05, 0.1) is 30.9 Å². The first-order chi connectivity index (χ1) is 11.1. The van der Waals surface area contributed by atoms with Crippen molar-refractivity contribution in [1.29, 1.82) is 0 Å². The number of hydrogen-bond acceptors (Lipinski definition) is 6. The highest BCUT2D eigenvalue weighted by Crippen LogP contribution is 2.14. The minimum Gasteiger partial charge on any atom is -0.375 e. The molecule has 23 heavy (non-hydrogen) atoms. The second kappa shape index (κ2) is 7.33. The number of ether oxygens (including phenoxy) is 1. The zero-order valence-electron chi connectivity index (χ0n) is 13.5. The summed E-state index contributed by atoms with van der Waals surface area (Å²) in [5.74, 6) is 0.0251. The Bertz CT molecular complexity index is 673. The number of hydrogen-bond donors (Lipinski definition) is 1. The second-order valence-electron chi connectivity index (χ2n) is 6.15. The highest BCUT2D eigenvalue weighted by molar-refractivity contribution is 7.00. The number of carbonyl (C=O) groups is 1. The molecule has 124 valence electrons. The lowest BCUT2D eigenvalue weighted by Crippen LogP contribution is -2.47. The maximum absolute atomic E-state index is 12.1. The molecule has 1 aliphatic rings. The van der Waals surface area contributed by atoms with Crippen LogP contribution >= 0.6 is 11.7 Å². The molecular weight excluding hydrogens is 312 g/mol. The Kier molecular flexibility index (Phi) is 5.20. The Balaban J connectivity index is 1.49. The van der Waals surface area contributed by atoms with Gasteiger partial charge in [-0.1, -0.05) is 6.07 Å². The molecule has 0 spiro atoms. The van der Waals surface area contributed by atoms with Crippen LogP contribution in [0.2, 0.25) is 0 Å². The lowest BCUT2D eigenvalue weighted by atomic mass is 10.1. The predicted molar refractivity (Wildman–Crippen MR) is 90.3 cm³/mol. The van der Waals surface area contributed by atoms with Crippen LogP contribution in [0, 0.1) is 0 Å². The number of morpholine rings is 1. The minimum absolute atomic E-state index is 0.0172. The standard InChI is InChI=1S/C16H22N4O2S/c1-11(2)20-5-6-22-13(10-20)8-16(21)17-9-12-3-4-14-15(7-12)19-23-18-14/h3-4,7,11,13H,5-6,8-10H2,1-2H3,(H,17,21). The molecule has 1 unspecified atom stereocenters. The molecule has 1 saturated heterocycles. The number of aromatic nitrogens is 2. The van der Waals surface area contributed by atoms with Crippen LogP contribution in [0.3, 0.4) is 0 Å². The van der Waals surface area contributed by atoms with Crippen molar-refractivity contribution < 1.29 is 9.53 Å². The van der Waals surface area contributed by atoms with Crippen molar-refractivity contribution in [2.45, 2.75) is 39.0 Å². The smallest absolute Gasteiger partial charge is 0.222 e. The number of carbonyl (C=O) groups excluding carboxylic acids is 1. The van der Waals surface area contributed by atoms with E-state index in [-0.39, 0.29) is 12.0 Å². The van der Waals surface area contributed by atoms with E-state index in [4.69, 9.17) is 4.74 Å². The normalized spacial score (nSPS) is 19.3. The van der Waals surface area contributed by atoms with E-state index in [0.717, 1.165) is 29.7 Å². The van der Waals surface area contributed by atoms with Gasteiger partial charge in [0.25, 0.3) is 0 Å². The van der Waals surface area contributed by atoms with Gasteiger partial charge in [-0.3, -0.25) is 9.69 Å². The summed E-state index contributed by atoms with van der Waals surface area (Å²) in [5.41, 5.74) is 2.81. The van der Waals surface area contributed by atoms with Crippen LogP contribution in [0.25, 0.3) is 11.0 Å². The maximum atomic E-state index is 12.1. The molecule has 2 heterocycles. The topological polar surface area (TPSA) is 67.3 Å². The summed E-state index contributed by atoms with van der Waals surface area (Å²) in [5, 5.41) is 2.96. The molecule has 1 fully saturated rings. The minimum atomic E-state index is -0.0172. The lowest BCUT2D eigenvalue weighted by Gasteiger charge is -2.35. The van der Waals surface area contributed by atoms with E-state index in [9.17, 15) is 4.79 Å². The van der Waals surface area contributed by atoms with Gasteiger partial charge >= 0.3 is 0 Å². The van der Waals surface area contributed by atoms with Gasteiger partial charge in [0.2, 0.25) is 5.91 Å². The average molecular weight is 334 g/mol. The average Bonchev–Trinajstić information content (AvgIpc) is 3.01. The van der Waals surface area contributed by atoms with E-state index < -0.39 is 0 Å². The van der Waals surface area contributed by atoms with Crippen molar-refractivity contribution in [2.75, 3.05) is 19.7 Å². The van der Waals surface area contributed by atoms with Crippen molar-refractivity contribution in [3.05, 3.63) is 23.8 Å². The summed E-state index contributed by atoms with van der Waals surface area (Å²) >= 11 is 1.20. The maximum Gasteiger partial charge on any atom is 0.222 e. The number of nitrogens with zero attached hydrogens (tertiary/aromatic N) is 3. The van der Waals surface area contributed by atoms with Gasteiger partial charge < -0.3 is 10.1 Å². The zero-order valence-corrected chi connectivity index (χ0v) is 14.3. The van der Waals surface area contributed by atoms with E-state index in [1.165, 1.54) is 11.7 Å². The molecule has 1 aliphatic heterocycles. The van der Waals surface area contributed by atoms with Crippen LogP contribution in [0.5, 0.6) is 0 Å². The molecule has 1 N–H and O–H groups in total. The Labute approximate surface area is 140 Å². The van der Waals surface area contributed by atoms with Crippen LogP contribution in [0.15, 0.2) is 18.2 Å². The number of amides is 1. The number of fused-ring (bicyclic) bond motifs is 1. The molecule has 1 aromatic carbocycles. The molecule has 0 bridgehead atoms. The Morgan fingerprint density at radius 1 is 1.43 bits per heavy atom. The van der Waals surface area contributed by atoms with Crippen LogP contribution in [0.4, 0.5) is 0 Å².